The first-order valence-electron chi connectivity index (χ1n) is 9.90. The van der Waals surface area contributed by atoms with Crippen LogP contribution in [0, 0.1) is 11.2 Å². The van der Waals surface area contributed by atoms with Crippen LogP contribution in [0.25, 0.3) is 11.1 Å². The molecule has 2 atom stereocenters. The maximum Gasteiger partial charge on any atom is 0.214 e. The van der Waals surface area contributed by atoms with Crippen molar-refractivity contribution in [2.45, 2.75) is 50.4 Å². The average Bonchev–Trinajstić information content (AvgIpc) is 3.39. The third kappa shape index (κ3) is 3.61. The summed E-state index contributed by atoms with van der Waals surface area (Å²) in [6.45, 7) is 4.15. The summed E-state index contributed by atoms with van der Waals surface area (Å²) in [6.07, 6.45) is 2.47. The molecule has 4 nitrogen and oxygen atoms in total. The summed E-state index contributed by atoms with van der Waals surface area (Å²) in [5, 5.41) is 2.98. The van der Waals surface area contributed by atoms with Gasteiger partial charge in [-0.1, -0.05) is 48.5 Å². The number of benzene rings is 2. The molecule has 2 aromatic carbocycles. The van der Waals surface area contributed by atoms with Crippen LogP contribution >= 0.6 is 0 Å². The van der Waals surface area contributed by atoms with Crippen LogP contribution in [-0.4, -0.2) is 32.3 Å². The van der Waals surface area contributed by atoms with Gasteiger partial charge < -0.3 is 5.32 Å². The average molecular weight is 403 g/mol. The van der Waals surface area contributed by atoms with Gasteiger partial charge in [-0.3, -0.25) is 0 Å². The molecule has 2 fully saturated rings. The fourth-order valence-electron chi connectivity index (χ4n) is 4.16. The van der Waals surface area contributed by atoms with Gasteiger partial charge in [-0.2, -0.15) is 0 Å². The molecule has 4 rings (SSSR count). The largest absolute Gasteiger partial charge is 0.311 e. The molecule has 0 radical (unpaired) electrons. The lowest BCUT2D eigenvalue weighted by atomic mass is 9.91. The van der Waals surface area contributed by atoms with E-state index < -0.39 is 15.3 Å². The Kier molecular flexibility index (Phi) is 5.06. The molecule has 1 saturated carbocycles. The quantitative estimate of drug-likeness (QED) is 0.778. The van der Waals surface area contributed by atoms with Crippen molar-refractivity contribution >= 4 is 10.0 Å². The van der Waals surface area contributed by atoms with Crippen molar-refractivity contribution in [2.75, 3.05) is 6.54 Å². The van der Waals surface area contributed by atoms with Gasteiger partial charge in [-0.05, 0) is 44.2 Å². The smallest absolute Gasteiger partial charge is 0.214 e. The van der Waals surface area contributed by atoms with Gasteiger partial charge in [0.25, 0.3) is 0 Å². The van der Waals surface area contributed by atoms with Crippen LogP contribution in [0.1, 0.15) is 32.3 Å². The number of rotatable bonds is 6. The zero-order valence-electron chi connectivity index (χ0n) is 16.3. The minimum atomic E-state index is -3.38. The Hall–Kier alpha value is -1.76. The van der Waals surface area contributed by atoms with E-state index in [0.717, 1.165) is 24.9 Å². The Balaban J connectivity index is 1.60. The molecular formula is C22H27FN2O2S. The highest BCUT2D eigenvalue weighted by Crippen LogP contribution is 2.52. The molecule has 1 aliphatic heterocycles. The molecule has 0 aromatic heterocycles. The fourth-order valence-corrected chi connectivity index (χ4v) is 5.20. The zero-order chi connectivity index (χ0) is 19.9. The second-order valence-electron chi connectivity index (χ2n) is 8.39. The highest BCUT2D eigenvalue weighted by atomic mass is 32.2. The van der Waals surface area contributed by atoms with Gasteiger partial charge in [0.15, 0.2) is 0 Å². The number of hydrogen-bond donors (Lipinski definition) is 2. The van der Waals surface area contributed by atoms with E-state index in [1.54, 1.807) is 26.0 Å². The van der Waals surface area contributed by atoms with Crippen molar-refractivity contribution in [3.05, 3.63) is 59.9 Å². The minimum Gasteiger partial charge on any atom is -0.311 e. The SMILES string of the molecule is CC(C)S(=O)(=O)N[C@@H]1[C@H](Cc2cccc(-c3ccccc3)c2F)NCC12CC2. The lowest BCUT2D eigenvalue weighted by Crippen LogP contribution is -2.49. The summed E-state index contributed by atoms with van der Waals surface area (Å²) >= 11 is 0. The Bertz CT molecular complexity index is 956. The van der Waals surface area contributed by atoms with Crippen LogP contribution in [0.15, 0.2) is 48.5 Å². The summed E-state index contributed by atoms with van der Waals surface area (Å²) in [5.74, 6) is -0.224. The van der Waals surface area contributed by atoms with Crippen molar-refractivity contribution < 1.29 is 12.8 Å². The Morgan fingerprint density at radius 3 is 2.50 bits per heavy atom. The molecule has 6 heteroatoms. The standard InChI is InChI=1S/C22H27FN2O2S/c1-15(2)28(26,27)25-21-19(24-14-22(21)11-12-22)13-17-9-6-10-18(20(17)23)16-7-4-3-5-8-16/h3-10,15,19,21,24-25H,11-14H2,1-2H3/t19-,21+/m0/s1. The van der Waals surface area contributed by atoms with Crippen LogP contribution < -0.4 is 10.0 Å². The first-order valence-corrected chi connectivity index (χ1v) is 11.4. The van der Waals surface area contributed by atoms with Gasteiger partial charge in [0.1, 0.15) is 5.82 Å². The fraction of sp³-hybridized carbons (Fsp3) is 0.455. The van der Waals surface area contributed by atoms with Crippen LogP contribution in [0.2, 0.25) is 0 Å². The molecular weight excluding hydrogens is 375 g/mol. The molecule has 1 aliphatic carbocycles. The van der Waals surface area contributed by atoms with E-state index in [-0.39, 0.29) is 23.3 Å². The lowest BCUT2D eigenvalue weighted by Gasteiger charge is -2.26. The third-order valence-electron chi connectivity index (χ3n) is 6.19. The van der Waals surface area contributed by atoms with E-state index >= 15 is 4.39 Å². The summed E-state index contributed by atoms with van der Waals surface area (Å²) in [5.41, 5.74) is 2.03. The topological polar surface area (TPSA) is 58.2 Å². The Morgan fingerprint density at radius 2 is 1.86 bits per heavy atom. The second kappa shape index (κ2) is 7.25. The molecule has 0 amide bonds. The predicted molar refractivity (Wildman–Crippen MR) is 110 cm³/mol. The van der Waals surface area contributed by atoms with Crippen molar-refractivity contribution in [3.63, 3.8) is 0 Å². The molecule has 150 valence electrons. The van der Waals surface area contributed by atoms with E-state index in [2.05, 4.69) is 10.0 Å². The van der Waals surface area contributed by atoms with E-state index in [4.69, 9.17) is 0 Å². The highest BCUT2D eigenvalue weighted by molar-refractivity contribution is 7.90. The van der Waals surface area contributed by atoms with Crippen molar-refractivity contribution in [3.8, 4) is 11.1 Å². The van der Waals surface area contributed by atoms with Crippen LogP contribution in [-0.2, 0) is 16.4 Å². The van der Waals surface area contributed by atoms with Gasteiger partial charge >= 0.3 is 0 Å². The third-order valence-corrected chi connectivity index (χ3v) is 8.01. The summed E-state index contributed by atoms with van der Waals surface area (Å²) in [7, 11) is -3.38. The molecule has 2 aliphatic rings. The van der Waals surface area contributed by atoms with Gasteiger partial charge in [0.05, 0.1) is 5.25 Å². The van der Waals surface area contributed by atoms with Gasteiger partial charge in [-0.15, -0.1) is 0 Å². The van der Waals surface area contributed by atoms with Crippen molar-refractivity contribution in [1.82, 2.24) is 10.0 Å². The predicted octanol–water partition coefficient (Wildman–Crippen LogP) is 3.48. The minimum absolute atomic E-state index is 0.0137. The molecule has 1 heterocycles. The Labute approximate surface area is 166 Å². The zero-order valence-corrected chi connectivity index (χ0v) is 17.1. The number of nitrogens with one attached hydrogen (secondary N) is 2. The van der Waals surface area contributed by atoms with Crippen molar-refractivity contribution in [1.29, 1.82) is 0 Å². The summed E-state index contributed by atoms with van der Waals surface area (Å²) in [6, 6.07) is 14.7. The van der Waals surface area contributed by atoms with Gasteiger partial charge in [-0.25, -0.2) is 17.5 Å². The molecule has 0 unspecified atom stereocenters. The molecule has 28 heavy (non-hydrogen) atoms. The normalized spacial score (nSPS) is 23.4. The second-order valence-corrected chi connectivity index (χ2v) is 10.7. The first-order chi connectivity index (χ1) is 13.3. The molecule has 1 spiro atoms. The summed E-state index contributed by atoms with van der Waals surface area (Å²) < 4.78 is 43.2. The van der Waals surface area contributed by atoms with Gasteiger partial charge in [0.2, 0.25) is 10.0 Å². The molecule has 0 bridgehead atoms. The number of sulfonamides is 1. The molecule has 2 aromatic rings. The first kappa shape index (κ1) is 19.6. The number of hydrogen-bond acceptors (Lipinski definition) is 3. The van der Waals surface area contributed by atoms with Gasteiger partial charge in [0, 0.05) is 29.6 Å². The maximum atomic E-state index is 15.2. The summed E-state index contributed by atoms with van der Waals surface area (Å²) in [4.78, 5) is 0. The van der Waals surface area contributed by atoms with E-state index in [1.165, 1.54) is 0 Å². The maximum absolute atomic E-state index is 15.2. The van der Waals surface area contributed by atoms with E-state index in [9.17, 15) is 8.42 Å². The number of halogens is 1. The van der Waals surface area contributed by atoms with Crippen LogP contribution in [0.4, 0.5) is 4.39 Å². The molecule has 1 saturated heterocycles. The highest BCUT2D eigenvalue weighted by Gasteiger charge is 2.57. The lowest BCUT2D eigenvalue weighted by molar-refractivity contribution is 0.404. The van der Waals surface area contributed by atoms with Crippen LogP contribution in [0.5, 0.6) is 0 Å². The monoisotopic (exact) mass is 402 g/mol. The van der Waals surface area contributed by atoms with E-state index in [1.807, 2.05) is 36.4 Å². The van der Waals surface area contributed by atoms with Crippen LogP contribution in [0.3, 0.4) is 0 Å². The Morgan fingerprint density at radius 1 is 1.14 bits per heavy atom. The van der Waals surface area contributed by atoms with E-state index in [0.29, 0.717) is 17.5 Å². The van der Waals surface area contributed by atoms with Crippen molar-refractivity contribution in [2.24, 2.45) is 5.41 Å². The molecule has 2 N–H and O–H groups in total.